The fourth-order valence-electron chi connectivity index (χ4n) is 2.42. The molecule has 8 nitrogen and oxygen atoms in total. The van der Waals surface area contributed by atoms with E-state index in [0.717, 1.165) is 6.08 Å². The quantitative estimate of drug-likeness (QED) is 0.537. The molecule has 31 heavy (non-hydrogen) atoms. The van der Waals surface area contributed by atoms with Crippen molar-refractivity contribution in [3.05, 3.63) is 24.8 Å². The number of alkyl halides is 2. The van der Waals surface area contributed by atoms with Crippen molar-refractivity contribution in [2.45, 2.75) is 32.8 Å². The van der Waals surface area contributed by atoms with Gasteiger partial charge in [0.05, 0.1) is 17.1 Å². The van der Waals surface area contributed by atoms with Crippen molar-refractivity contribution in [2.24, 2.45) is 0 Å². The summed E-state index contributed by atoms with van der Waals surface area (Å²) in [6.07, 6.45) is -2.39. The van der Waals surface area contributed by atoms with E-state index in [1.165, 1.54) is 12.1 Å². The van der Waals surface area contributed by atoms with Gasteiger partial charge in [0.2, 0.25) is 5.91 Å². The lowest BCUT2D eigenvalue weighted by molar-refractivity contribution is -0.111. The Balaban J connectivity index is 3.39. The Morgan fingerprint density at radius 3 is 2.29 bits per heavy atom. The average molecular weight is 443 g/mol. The largest absolute Gasteiger partial charge is 0.485 e. The molecule has 0 heterocycles. The molecule has 0 saturated carbocycles. The number of rotatable bonds is 10. The smallest absolute Gasteiger partial charge is 0.412 e. The molecule has 174 valence electrons. The maximum absolute atomic E-state index is 12.8. The highest BCUT2D eigenvalue weighted by Gasteiger charge is 2.21. The number of carbonyl (C=O) groups is 2. The van der Waals surface area contributed by atoms with Crippen LogP contribution in [0.2, 0.25) is 0 Å². The van der Waals surface area contributed by atoms with Crippen LogP contribution in [-0.2, 0) is 9.53 Å². The molecule has 0 radical (unpaired) electrons. The monoisotopic (exact) mass is 442 g/mol. The van der Waals surface area contributed by atoms with Gasteiger partial charge in [-0.2, -0.15) is 0 Å². The predicted molar refractivity (Wildman–Crippen MR) is 118 cm³/mol. The molecule has 10 heteroatoms. The molecule has 2 amide bonds. The highest BCUT2D eigenvalue weighted by atomic mass is 19.3. The van der Waals surface area contributed by atoms with E-state index in [9.17, 15) is 18.4 Å². The third-order valence-corrected chi connectivity index (χ3v) is 3.84. The molecular formula is C21H32F2N4O4. The van der Waals surface area contributed by atoms with Gasteiger partial charge in [0.25, 0.3) is 6.43 Å². The van der Waals surface area contributed by atoms with Gasteiger partial charge < -0.3 is 24.6 Å². The van der Waals surface area contributed by atoms with Crippen LogP contribution in [0.25, 0.3) is 0 Å². The Labute approximate surface area is 182 Å². The second-order valence-corrected chi connectivity index (χ2v) is 8.11. The van der Waals surface area contributed by atoms with Crippen LogP contribution >= 0.6 is 0 Å². The summed E-state index contributed by atoms with van der Waals surface area (Å²) in [5.41, 5.74) is 0.192. The molecule has 0 atom stereocenters. The number of amides is 2. The molecule has 1 rings (SSSR count). The molecule has 0 spiro atoms. The first kappa shape index (κ1) is 26.2. The van der Waals surface area contributed by atoms with Gasteiger partial charge in [-0.05, 0) is 47.0 Å². The van der Waals surface area contributed by atoms with Crippen LogP contribution in [0.15, 0.2) is 24.8 Å². The van der Waals surface area contributed by atoms with E-state index in [-0.39, 0.29) is 11.4 Å². The van der Waals surface area contributed by atoms with Crippen molar-refractivity contribution < 1.29 is 27.8 Å². The number of hydrogen-bond acceptors (Lipinski definition) is 6. The van der Waals surface area contributed by atoms with E-state index in [1.54, 1.807) is 27.8 Å². The first-order valence-electron chi connectivity index (χ1n) is 9.70. The molecule has 0 fully saturated rings. The van der Waals surface area contributed by atoms with Gasteiger partial charge in [0.15, 0.2) is 0 Å². The maximum atomic E-state index is 12.8. The molecular weight excluding hydrogens is 410 g/mol. The highest BCUT2D eigenvalue weighted by Crippen LogP contribution is 2.37. The zero-order valence-corrected chi connectivity index (χ0v) is 18.9. The number of carbonyl (C=O) groups excluding carboxylic acids is 2. The lowest BCUT2D eigenvalue weighted by Crippen LogP contribution is -2.30. The van der Waals surface area contributed by atoms with E-state index < -0.39 is 30.6 Å². The van der Waals surface area contributed by atoms with Crippen LogP contribution in [0.3, 0.4) is 0 Å². The second-order valence-electron chi connectivity index (χ2n) is 8.11. The summed E-state index contributed by atoms with van der Waals surface area (Å²) in [6.45, 7) is 8.95. The summed E-state index contributed by atoms with van der Waals surface area (Å²) in [5.74, 6) is -0.443. The van der Waals surface area contributed by atoms with Crippen LogP contribution in [-0.4, -0.2) is 69.8 Å². The standard InChI is InChI=1S/C21H32F2N4O4/c1-8-19(28)24-14-11-15(25-20(29)31-21(2,3)4)17(30-13-18(22)23)12-16(14)27(7)10-9-26(5)6/h8,11-12,18H,1,9-10,13H2,2-7H3,(H,24,28)(H,25,29). The fourth-order valence-corrected chi connectivity index (χ4v) is 2.42. The molecule has 0 saturated heterocycles. The number of hydrogen-bond donors (Lipinski definition) is 2. The minimum atomic E-state index is -2.70. The lowest BCUT2D eigenvalue weighted by Gasteiger charge is -2.26. The van der Waals surface area contributed by atoms with E-state index in [4.69, 9.17) is 9.47 Å². The van der Waals surface area contributed by atoms with Gasteiger partial charge in [-0.15, -0.1) is 0 Å². The number of anilines is 3. The summed E-state index contributed by atoms with van der Waals surface area (Å²) < 4.78 is 36.0. The molecule has 1 aromatic carbocycles. The summed E-state index contributed by atoms with van der Waals surface area (Å²) >= 11 is 0. The molecule has 0 aliphatic rings. The minimum absolute atomic E-state index is 0.0227. The minimum Gasteiger partial charge on any atom is -0.485 e. The first-order chi connectivity index (χ1) is 14.3. The van der Waals surface area contributed by atoms with Gasteiger partial charge >= 0.3 is 6.09 Å². The van der Waals surface area contributed by atoms with Crippen LogP contribution in [0.5, 0.6) is 5.75 Å². The van der Waals surface area contributed by atoms with Gasteiger partial charge in [-0.1, -0.05) is 6.58 Å². The van der Waals surface area contributed by atoms with Crippen LogP contribution in [0.4, 0.5) is 30.6 Å². The predicted octanol–water partition coefficient (Wildman–Crippen LogP) is 3.80. The molecule has 1 aromatic rings. The second kappa shape index (κ2) is 11.5. The third kappa shape index (κ3) is 9.65. The topological polar surface area (TPSA) is 83.1 Å². The average Bonchev–Trinajstić information content (AvgIpc) is 2.63. The normalized spacial score (nSPS) is 11.3. The Bertz CT molecular complexity index is 779. The van der Waals surface area contributed by atoms with Crippen molar-refractivity contribution in [3.8, 4) is 5.75 Å². The van der Waals surface area contributed by atoms with Gasteiger partial charge in [-0.3, -0.25) is 10.1 Å². The molecule has 2 N–H and O–H groups in total. The van der Waals surface area contributed by atoms with Gasteiger partial charge in [0, 0.05) is 26.2 Å². The van der Waals surface area contributed by atoms with Crippen molar-refractivity contribution >= 4 is 29.1 Å². The van der Waals surface area contributed by atoms with Crippen LogP contribution in [0, 0.1) is 0 Å². The zero-order valence-electron chi connectivity index (χ0n) is 18.9. The Hall–Kier alpha value is -2.88. The third-order valence-electron chi connectivity index (χ3n) is 3.84. The van der Waals surface area contributed by atoms with E-state index in [2.05, 4.69) is 17.2 Å². The number of benzene rings is 1. The Kier molecular flexibility index (Phi) is 9.70. The number of nitrogens with zero attached hydrogens (tertiary/aromatic N) is 2. The SMILES string of the molecule is C=CC(=O)Nc1cc(NC(=O)OC(C)(C)C)c(OCC(F)F)cc1N(C)CCN(C)C. The van der Waals surface area contributed by atoms with Gasteiger partial charge in [0.1, 0.15) is 18.0 Å². The van der Waals surface area contributed by atoms with Crippen LogP contribution in [0.1, 0.15) is 20.8 Å². The fraction of sp³-hybridized carbons (Fsp3) is 0.524. The number of halogens is 2. The zero-order chi connectivity index (χ0) is 23.8. The van der Waals surface area contributed by atoms with Crippen molar-refractivity contribution in [3.63, 3.8) is 0 Å². The Morgan fingerprint density at radius 2 is 1.77 bits per heavy atom. The highest BCUT2D eigenvalue weighted by molar-refractivity contribution is 6.02. The first-order valence-corrected chi connectivity index (χ1v) is 9.70. The summed E-state index contributed by atoms with van der Waals surface area (Å²) in [6, 6.07) is 2.93. The molecule has 0 aliphatic carbocycles. The van der Waals surface area contributed by atoms with Crippen molar-refractivity contribution in [1.29, 1.82) is 0 Å². The van der Waals surface area contributed by atoms with Gasteiger partial charge in [-0.25, -0.2) is 13.6 Å². The van der Waals surface area contributed by atoms with Crippen LogP contribution < -0.4 is 20.3 Å². The summed E-state index contributed by atoms with van der Waals surface area (Å²) in [4.78, 5) is 28.0. The van der Waals surface area contributed by atoms with E-state index in [1.807, 2.05) is 23.9 Å². The van der Waals surface area contributed by atoms with Crippen molar-refractivity contribution in [2.75, 3.05) is 56.4 Å². The summed E-state index contributed by atoms with van der Waals surface area (Å²) in [7, 11) is 5.62. The lowest BCUT2D eigenvalue weighted by atomic mass is 10.2. The number of likely N-dealkylation sites (N-methyl/N-ethyl adjacent to an activating group) is 2. The molecule has 0 bridgehead atoms. The molecule has 0 unspecified atom stereocenters. The van der Waals surface area contributed by atoms with Crippen molar-refractivity contribution in [1.82, 2.24) is 4.90 Å². The van der Waals surface area contributed by atoms with E-state index in [0.29, 0.717) is 24.5 Å². The summed E-state index contributed by atoms with van der Waals surface area (Å²) in [5, 5.41) is 5.18. The maximum Gasteiger partial charge on any atom is 0.412 e. The molecule has 0 aliphatic heterocycles. The molecule has 0 aromatic heterocycles. The number of nitrogens with one attached hydrogen (secondary N) is 2. The van der Waals surface area contributed by atoms with E-state index >= 15 is 0 Å². The Morgan fingerprint density at radius 1 is 1.13 bits per heavy atom. The number of ether oxygens (including phenoxy) is 2.